The molecule has 9 nitrogen and oxygen atoms in total. The van der Waals surface area contributed by atoms with E-state index in [0.29, 0.717) is 6.42 Å². The molecule has 0 fully saturated rings. The number of nitrogens with two attached hydrogens (primary N) is 1. The Bertz CT molecular complexity index is 917. The van der Waals surface area contributed by atoms with E-state index in [1.165, 1.54) is 167 Å². The summed E-state index contributed by atoms with van der Waals surface area (Å²) in [5, 5.41) is 0. The van der Waals surface area contributed by atoms with E-state index in [1.807, 2.05) is 0 Å². The highest BCUT2D eigenvalue weighted by Gasteiger charge is 2.26. The molecule has 0 amide bonds. The summed E-state index contributed by atoms with van der Waals surface area (Å²) in [6.45, 7) is 3.76. The van der Waals surface area contributed by atoms with Crippen LogP contribution in [0.25, 0.3) is 0 Å². The smallest absolute Gasteiger partial charge is 0.462 e. The molecule has 0 aromatic carbocycles. The Balaban J connectivity index is 4.08. The molecular formula is C45H88NO8P. The minimum absolute atomic E-state index is 0.0558. The van der Waals surface area contributed by atoms with E-state index >= 15 is 0 Å². The molecule has 0 bridgehead atoms. The van der Waals surface area contributed by atoms with Gasteiger partial charge >= 0.3 is 19.8 Å². The second kappa shape index (κ2) is 42.4. The van der Waals surface area contributed by atoms with Gasteiger partial charge in [-0.1, -0.05) is 193 Å². The lowest BCUT2D eigenvalue weighted by molar-refractivity contribution is -0.161. The lowest BCUT2D eigenvalue weighted by Gasteiger charge is -2.19. The van der Waals surface area contributed by atoms with Crippen molar-refractivity contribution in [3.63, 3.8) is 0 Å². The molecule has 2 atom stereocenters. The Morgan fingerprint density at radius 3 is 1.29 bits per heavy atom. The zero-order chi connectivity index (χ0) is 40.3. The van der Waals surface area contributed by atoms with E-state index in [2.05, 4.69) is 26.0 Å². The van der Waals surface area contributed by atoms with Crippen molar-refractivity contribution in [2.75, 3.05) is 26.4 Å². The predicted molar refractivity (Wildman–Crippen MR) is 229 cm³/mol. The molecule has 0 saturated heterocycles. The third-order valence-corrected chi connectivity index (χ3v) is 11.1. The normalized spacial score (nSPS) is 13.3. The molecule has 3 N–H and O–H groups in total. The molecule has 55 heavy (non-hydrogen) atoms. The lowest BCUT2D eigenvalue weighted by atomic mass is 10.0. The monoisotopic (exact) mass is 802 g/mol. The van der Waals surface area contributed by atoms with Gasteiger partial charge in [0.1, 0.15) is 6.61 Å². The number of carbonyl (C=O) groups is 2. The zero-order valence-electron chi connectivity index (χ0n) is 35.9. The first kappa shape index (κ1) is 53.8. The summed E-state index contributed by atoms with van der Waals surface area (Å²) in [6.07, 6.45) is 43.8. The van der Waals surface area contributed by atoms with Crippen LogP contribution in [-0.4, -0.2) is 49.3 Å². The molecule has 326 valence electrons. The van der Waals surface area contributed by atoms with Gasteiger partial charge in [0.2, 0.25) is 0 Å². The second-order valence-corrected chi connectivity index (χ2v) is 17.1. The van der Waals surface area contributed by atoms with Gasteiger partial charge in [-0.2, -0.15) is 0 Å². The van der Waals surface area contributed by atoms with Crippen LogP contribution in [0.1, 0.15) is 232 Å². The number of unbranched alkanes of at least 4 members (excludes halogenated alkanes) is 29. The van der Waals surface area contributed by atoms with Gasteiger partial charge in [0.25, 0.3) is 0 Å². The lowest BCUT2D eigenvalue weighted by Crippen LogP contribution is -2.29. The molecule has 0 aromatic rings. The van der Waals surface area contributed by atoms with Crippen LogP contribution in [0.15, 0.2) is 12.2 Å². The van der Waals surface area contributed by atoms with E-state index in [-0.39, 0.29) is 38.6 Å². The van der Waals surface area contributed by atoms with Crippen molar-refractivity contribution >= 4 is 19.8 Å². The summed E-state index contributed by atoms with van der Waals surface area (Å²) in [5.41, 5.74) is 5.35. The zero-order valence-corrected chi connectivity index (χ0v) is 36.8. The maximum Gasteiger partial charge on any atom is 0.472 e. The third-order valence-electron chi connectivity index (χ3n) is 10.2. The van der Waals surface area contributed by atoms with Crippen molar-refractivity contribution in [2.45, 2.75) is 238 Å². The summed E-state index contributed by atoms with van der Waals surface area (Å²) in [6, 6.07) is 0. The molecule has 1 unspecified atom stereocenters. The van der Waals surface area contributed by atoms with Gasteiger partial charge in [0.15, 0.2) is 6.10 Å². The van der Waals surface area contributed by atoms with Gasteiger partial charge in [-0.25, -0.2) is 4.57 Å². The number of phosphoric acid groups is 1. The van der Waals surface area contributed by atoms with Crippen molar-refractivity contribution in [3.05, 3.63) is 12.2 Å². The first-order valence-electron chi connectivity index (χ1n) is 23.2. The van der Waals surface area contributed by atoms with E-state index in [1.54, 1.807) is 0 Å². The number of allylic oxidation sites excluding steroid dienone is 2. The highest BCUT2D eigenvalue weighted by Crippen LogP contribution is 2.43. The van der Waals surface area contributed by atoms with Crippen LogP contribution < -0.4 is 5.73 Å². The Kier molecular flexibility index (Phi) is 41.4. The van der Waals surface area contributed by atoms with Gasteiger partial charge in [-0.3, -0.25) is 18.6 Å². The Labute approximate surface area is 339 Å². The SMILES string of the molecule is CCCCCCCCC=CCCCCCCCCCC(=O)OC[C@H](COP(=O)(O)OCCN)OC(=O)CCCCCCCCCCCCCCCCCCC. The maximum absolute atomic E-state index is 12.6. The summed E-state index contributed by atoms with van der Waals surface area (Å²) in [7, 11) is -4.37. The van der Waals surface area contributed by atoms with E-state index in [9.17, 15) is 19.0 Å². The van der Waals surface area contributed by atoms with Gasteiger partial charge in [0, 0.05) is 19.4 Å². The number of esters is 2. The van der Waals surface area contributed by atoms with Gasteiger partial charge < -0.3 is 20.1 Å². The molecular weight excluding hydrogens is 713 g/mol. The Morgan fingerprint density at radius 1 is 0.527 bits per heavy atom. The largest absolute Gasteiger partial charge is 0.472 e. The highest BCUT2D eigenvalue weighted by molar-refractivity contribution is 7.47. The van der Waals surface area contributed by atoms with Gasteiger partial charge in [-0.15, -0.1) is 0 Å². The van der Waals surface area contributed by atoms with Crippen LogP contribution in [0.3, 0.4) is 0 Å². The number of phosphoric ester groups is 1. The summed E-state index contributed by atoms with van der Waals surface area (Å²) >= 11 is 0. The quantitative estimate of drug-likeness (QED) is 0.0267. The highest BCUT2D eigenvalue weighted by atomic mass is 31.2. The molecule has 0 aliphatic heterocycles. The number of rotatable bonds is 44. The maximum atomic E-state index is 12.6. The van der Waals surface area contributed by atoms with E-state index < -0.39 is 26.5 Å². The minimum atomic E-state index is -4.37. The molecule has 0 aromatic heterocycles. The Morgan fingerprint density at radius 2 is 0.891 bits per heavy atom. The van der Waals surface area contributed by atoms with Crippen molar-refractivity contribution in [3.8, 4) is 0 Å². The molecule has 0 rings (SSSR count). The molecule has 10 heteroatoms. The van der Waals surface area contributed by atoms with E-state index in [0.717, 1.165) is 32.1 Å². The number of carbonyl (C=O) groups excluding carboxylic acids is 2. The summed E-state index contributed by atoms with van der Waals surface area (Å²) in [4.78, 5) is 34.9. The predicted octanol–water partition coefficient (Wildman–Crippen LogP) is 13.4. The van der Waals surface area contributed by atoms with Crippen LogP contribution in [0.2, 0.25) is 0 Å². The Hall–Kier alpha value is -1.25. The van der Waals surface area contributed by atoms with Crippen LogP contribution in [-0.2, 0) is 32.7 Å². The minimum Gasteiger partial charge on any atom is -0.462 e. The standard InChI is InChI=1S/C45H88NO8P/c1-3-5-7-9-11-13-15-17-19-21-23-25-27-29-31-33-35-37-44(47)51-41-43(42-53-55(49,50)52-40-39-46)54-45(48)38-36-34-32-30-28-26-24-22-20-18-16-14-12-10-8-6-4-2/h17,19,43H,3-16,18,20-42,46H2,1-2H3,(H,49,50)/t43-/m1/s1. The molecule has 0 spiro atoms. The first-order chi connectivity index (χ1) is 26.8. The van der Waals surface area contributed by atoms with Crippen LogP contribution in [0.4, 0.5) is 0 Å². The molecule has 0 aliphatic carbocycles. The number of hydrogen-bond acceptors (Lipinski definition) is 8. The molecule has 0 saturated carbocycles. The summed E-state index contributed by atoms with van der Waals surface area (Å²) in [5.74, 6) is -0.820. The van der Waals surface area contributed by atoms with Gasteiger partial charge in [0.05, 0.1) is 13.2 Å². The molecule has 0 aliphatic rings. The fourth-order valence-corrected chi connectivity index (χ4v) is 7.45. The fourth-order valence-electron chi connectivity index (χ4n) is 6.69. The topological polar surface area (TPSA) is 134 Å². The number of ether oxygens (including phenoxy) is 2. The fraction of sp³-hybridized carbons (Fsp3) is 0.911. The molecule has 0 heterocycles. The average molecular weight is 802 g/mol. The van der Waals surface area contributed by atoms with Gasteiger partial charge in [-0.05, 0) is 38.5 Å². The van der Waals surface area contributed by atoms with Crippen LogP contribution in [0.5, 0.6) is 0 Å². The second-order valence-electron chi connectivity index (χ2n) is 15.6. The first-order valence-corrected chi connectivity index (χ1v) is 24.7. The van der Waals surface area contributed by atoms with E-state index in [4.69, 9.17) is 24.3 Å². The van der Waals surface area contributed by atoms with Crippen molar-refractivity contribution in [1.82, 2.24) is 0 Å². The van der Waals surface area contributed by atoms with Crippen molar-refractivity contribution in [1.29, 1.82) is 0 Å². The van der Waals surface area contributed by atoms with Crippen LogP contribution in [0, 0.1) is 0 Å². The average Bonchev–Trinajstić information content (AvgIpc) is 3.17. The summed E-state index contributed by atoms with van der Waals surface area (Å²) < 4.78 is 32.8. The van der Waals surface area contributed by atoms with Crippen molar-refractivity contribution in [2.24, 2.45) is 5.73 Å². The third kappa shape index (κ3) is 42.2. The molecule has 0 radical (unpaired) electrons. The number of hydrogen-bond donors (Lipinski definition) is 2. The van der Waals surface area contributed by atoms with Crippen molar-refractivity contribution < 1.29 is 37.6 Å². The van der Waals surface area contributed by atoms with Crippen LogP contribution >= 0.6 is 7.82 Å².